The second-order valence-corrected chi connectivity index (χ2v) is 5.65. The van der Waals surface area contributed by atoms with Gasteiger partial charge in [-0.2, -0.15) is 0 Å². The molecule has 0 bridgehead atoms. The van der Waals surface area contributed by atoms with Crippen molar-refractivity contribution in [2.24, 2.45) is 0 Å². The van der Waals surface area contributed by atoms with Crippen molar-refractivity contribution in [1.82, 2.24) is 0 Å². The Kier molecular flexibility index (Phi) is 3.54. The number of aryl methyl sites for hydroxylation is 1. The number of halogens is 2. The molecule has 0 N–H and O–H groups in total. The zero-order chi connectivity index (χ0) is 10.8. The van der Waals surface area contributed by atoms with Crippen molar-refractivity contribution in [3.8, 4) is 0 Å². The highest BCUT2D eigenvalue weighted by Crippen LogP contribution is 2.36. The highest BCUT2D eigenvalue weighted by Gasteiger charge is 2.16. The molecule has 2 aromatic rings. The highest BCUT2D eigenvalue weighted by atomic mass is 79.9. The summed E-state index contributed by atoms with van der Waals surface area (Å²) in [6.07, 6.45) is 1.07. The lowest BCUT2D eigenvalue weighted by molar-refractivity contribution is 0.523. The molecule has 0 aliphatic rings. The molecule has 0 saturated heterocycles. The van der Waals surface area contributed by atoms with E-state index in [4.69, 9.17) is 16.0 Å². The Balaban J connectivity index is 2.23. The summed E-state index contributed by atoms with van der Waals surface area (Å²) in [5.74, 6) is 0.851. The molecule has 0 fully saturated rings. The zero-order valence-electron chi connectivity index (χ0n) is 8.17. The van der Waals surface area contributed by atoms with Crippen LogP contribution in [0.5, 0.6) is 0 Å². The van der Waals surface area contributed by atoms with E-state index < -0.39 is 0 Å². The van der Waals surface area contributed by atoms with Crippen molar-refractivity contribution in [2.75, 3.05) is 0 Å². The molecule has 4 heteroatoms. The third-order valence-electron chi connectivity index (χ3n) is 2.12. The summed E-state index contributed by atoms with van der Waals surface area (Å²) in [6.45, 7) is 2.16. The van der Waals surface area contributed by atoms with Crippen LogP contribution in [-0.2, 0) is 6.42 Å². The molecular weight excluding hydrogens is 296 g/mol. The van der Waals surface area contributed by atoms with E-state index in [-0.39, 0.29) is 4.83 Å². The average Bonchev–Trinajstić information content (AvgIpc) is 2.84. The smallest absolute Gasteiger partial charge is 0.193 e. The number of furan rings is 1. The SMILES string of the molecule is CCc1ccc(C(Br)c2ccc(Cl)o2)s1. The van der Waals surface area contributed by atoms with Crippen LogP contribution in [0.4, 0.5) is 0 Å². The Bertz CT molecular complexity index is 449. The summed E-state index contributed by atoms with van der Waals surface area (Å²) in [7, 11) is 0. The molecule has 2 rings (SSSR count). The zero-order valence-corrected chi connectivity index (χ0v) is 11.3. The molecule has 2 heterocycles. The molecule has 0 spiro atoms. The first kappa shape index (κ1) is 11.2. The Hall–Kier alpha value is -0.250. The second kappa shape index (κ2) is 4.73. The Labute approximate surface area is 106 Å². The van der Waals surface area contributed by atoms with Crippen molar-refractivity contribution in [3.63, 3.8) is 0 Å². The van der Waals surface area contributed by atoms with E-state index in [1.165, 1.54) is 9.75 Å². The third kappa shape index (κ3) is 2.47. The molecule has 1 atom stereocenters. The lowest BCUT2D eigenvalue weighted by atomic mass is 10.3. The van der Waals surface area contributed by atoms with E-state index in [9.17, 15) is 0 Å². The van der Waals surface area contributed by atoms with Gasteiger partial charge in [0, 0.05) is 9.75 Å². The summed E-state index contributed by atoms with van der Waals surface area (Å²) in [5.41, 5.74) is 0. The first-order chi connectivity index (χ1) is 7.20. The van der Waals surface area contributed by atoms with Crippen LogP contribution < -0.4 is 0 Å². The maximum absolute atomic E-state index is 5.74. The molecule has 0 aliphatic heterocycles. The normalized spacial score (nSPS) is 13.0. The van der Waals surface area contributed by atoms with E-state index in [0.29, 0.717) is 5.22 Å². The maximum atomic E-state index is 5.74. The van der Waals surface area contributed by atoms with Crippen LogP contribution in [0.3, 0.4) is 0 Å². The largest absolute Gasteiger partial charge is 0.448 e. The van der Waals surface area contributed by atoms with Crippen LogP contribution in [0, 0.1) is 0 Å². The first-order valence-corrected chi connectivity index (χ1v) is 6.79. The Morgan fingerprint density at radius 3 is 2.73 bits per heavy atom. The predicted octanol–water partition coefficient (Wildman–Crippen LogP) is 5.04. The fourth-order valence-electron chi connectivity index (χ4n) is 1.33. The van der Waals surface area contributed by atoms with Gasteiger partial charge in [-0.25, -0.2) is 0 Å². The van der Waals surface area contributed by atoms with Gasteiger partial charge in [0.2, 0.25) is 0 Å². The maximum Gasteiger partial charge on any atom is 0.193 e. The van der Waals surface area contributed by atoms with Crippen LogP contribution in [0.15, 0.2) is 28.7 Å². The lowest BCUT2D eigenvalue weighted by Gasteiger charge is -2.02. The van der Waals surface area contributed by atoms with Gasteiger partial charge in [0.1, 0.15) is 10.6 Å². The minimum absolute atomic E-state index is 0.107. The topological polar surface area (TPSA) is 13.1 Å². The van der Waals surface area contributed by atoms with Crippen molar-refractivity contribution in [3.05, 3.63) is 45.0 Å². The molecule has 0 amide bonds. The minimum Gasteiger partial charge on any atom is -0.448 e. The molecule has 0 aromatic carbocycles. The van der Waals surface area contributed by atoms with Crippen LogP contribution in [-0.4, -0.2) is 0 Å². The molecule has 0 aliphatic carbocycles. The number of rotatable bonds is 3. The summed E-state index contributed by atoms with van der Waals surface area (Å²) in [4.78, 5) is 2.74. The van der Waals surface area contributed by atoms with E-state index >= 15 is 0 Å². The Morgan fingerprint density at radius 1 is 1.40 bits per heavy atom. The quantitative estimate of drug-likeness (QED) is 0.724. The molecular formula is C11H10BrClOS. The average molecular weight is 306 g/mol. The minimum atomic E-state index is 0.107. The summed E-state index contributed by atoms with van der Waals surface area (Å²) in [6, 6.07) is 7.94. The van der Waals surface area contributed by atoms with Crippen LogP contribution >= 0.6 is 38.9 Å². The number of alkyl halides is 1. The van der Waals surface area contributed by atoms with E-state index in [1.54, 1.807) is 17.4 Å². The van der Waals surface area contributed by atoms with Gasteiger partial charge >= 0.3 is 0 Å². The molecule has 0 radical (unpaired) electrons. The van der Waals surface area contributed by atoms with Gasteiger partial charge in [0.05, 0.1) is 0 Å². The van der Waals surface area contributed by atoms with Gasteiger partial charge in [-0.05, 0) is 42.3 Å². The van der Waals surface area contributed by atoms with Crippen LogP contribution in [0.2, 0.25) is 5.22 Å². The molecule has 1 nitrogen and oxygen atoms in total. The van der Waals surface area contributed by atoms with E-state index in [1.807, 2.05) is 6.07 Å². The van der Waals surface area contributed by atoms with E-state index in [2.05, 4.69) is 35.0 Å². The number of hydrogen-bond acceptors (Lipinski definition) is 2. The number of hydrogen-bond donors (Lipinski definition) is 0. The summed E-state index contributed by atoms with van der Waals surface area (Å²) in [5, 5.41) is 0.432. The van der Waals surface area contributed by atoms with Gasteiger partial charge in [-0.1, -0.05) is 22.9 Å². The highest BCUT2D eigenvalue weighted by molar-refractivity contribution is 9.09. The molecule has 80 valence electrons. The van der Waals surface area contributed by atoms with Gasteiger partial charge in [0.15, 0.2) is 5.22 Å². The predicted molar refractivity (Wildman–Crippen MR) is 68.2 cm³/mol. The molecule has 1 unspecified atom stereocenters. The van der Waals surface area contributed by atoms with E-state index in [0.717, 1.165) is 12.2 Å². The third-order valence-corrected chi connectivity index (χ3v) is 4.87. The van der Waals surface area contributed by atoms with Crippen molar-refractivity contribution in [1.29, 1.82) is 0 Å². The molecule has 15 heavy (non-hydrogen) atoms. The summed E-state index contributed by atoms with van der Waals surface area (Å²) < 4.78 is 5.37. The summed E-state index contributed by atoms with van der Waals surface area (Å²) >= 11 is 11.1. The van der Waals surface area contributed by atoms with Gasteiger partial charge < -0.3 is 4.42 Å². The van der Waals surface area contributed by atoms with Gasteiger partial charge in [0.25, 0.3) is 0 Å². The van der Waals surface area contributed by atoms with Crippen LogP contribution in [0.25, 0.3) is 0 Å². The van der Waals surface area contributed by atoms with Crippen molar-refractivity contribution in [2.45, 2.75) is 18.2 Å². The lowest BCUT2D eigenvalue weighted by Crippen LogP contribution is -1.84. The second-order valence-electron chi connectivity index (χ2n) is 3.16. The molecule has 0 saturated carbocycles. The first-order valence-electron chi connectivity index (χ1n) is 4.68. The Morgan fingerprint density at radius 2 is 2.20 bits per heavy atom. The number of thiophene rings is 1. The van der Waals surface area contributed by atoms with Crippen molar-refractivity contribution < 1.29 is 4.42 Å². The molecule has 2 aromatic heterocycles. The van der Waals surface area contributed by atoms with Crippen molar-refractivity contribution >= 4 is 38.9 Å². The van der Waals surface area contributed by atoms with Gasteiger partial charge in [-0.15, -0.1) is 11.3 Å². The van der Waals surface area contributed by atoms with Crippen LogP contribution in [0.1, 0.15) is 27.3 Å². The fourth-order valence-corrected chi connectivity index (χ4v) is 3.10. The standard InChI is InChI=1S/C11H10BrClOS/c1-2-7-3-5-9(15-7)11(12)8-4-6-10(13)14-8/h3-6,11H,2H2,1H3. The van der Waals surface area contributed by atoms with Gasteiger partial charge in [-0.3, -0.25) is 0 Å². The fraction of sp³-hybridized carbons (Fsp3) is 0.273. The monoisotopic (exact) mass is 304 g/mol.